The monoisotopic (exact) mass is 279 g/mol. The van der Waals surface area contributed by atoms with Gasteiger partial charge >= 0.3 is 5.97 Å². The summed E-state index contributed by atoms with van der Waals surface area (Å²) in [6.45, 7) is 4.15. The van der Waals surface area contributed by atoms with Crippen LogP contribution in [0.5, 0.6) is 0 Å². The molecular formula is C11H13N5O2S. The number of rotatable bonds is 5. The molecule has 0 spiro atoms. The van der Waals surface area contributed by atoms with E-state index in [1.54, 1.807) is 6.20 Å². The molecule has 0 saturated carbocycles. The lowest BCUT2D eigenvalue weighted by molar-refractivity contribution is -0.133. The molecule has 2 aromatic heterocycles. The first kappa shape index (κ1) is 13.5. The Morgan fingerprint density at radius 2 is 2.21 bits per heavy atom. The molecule has 7 nitrogen and oxygen atoms in total. The standard InChI is InChI=1S/C11H13N5O2S/c1-7-12-4-3-9(13-7)5-16-8(2)14-15-11(16)19-6-10(17)18/h3-4H,5-6H2,1-2H3,(H,17,18). The lowest BCUT2D eigenvalue weighted by Gasteiger charge is -2.07. The lowest BCUT2D eigenvalue weighted by atomic mass is 10.4. The Kier molecular flexibility index (Phi) is 4.10. The average molecular weight is 279 g/mol. The van der Waals surface area contributed by atoms with Crippen molar-refractivity contribution in [3.05, 3.63) is 29.6 Å². The maximum absolute atomic E-state index is 10.6. The summed E-state index contributed by atoms with van der Waals surface area (Å²) in [5.74, 6) is 0.503. The van der Waals surface area contributed by atoms with Gasteiger partial charge in [-0.1, -0.05) is 11.8 Å². The Balaban J connectivity index is 2.19. The smallest absolute Gasteiger partial charge is 0.313 e. The summed E-state index contributed by atoms with van der Waals surface area (Å²) in [6.07, 6.45) is 1.70. The molecule has 0 saturated heterocycles. The second-order valence-electron chi connectivity index (χ2n) is 3.89. The van der Waals surface area contributed by atoms with Gasteiger partial charge in [0.1, 0.15) is 11.6 Å². The molecule has 8 heteroatoms. The van der Waals surface area contributed by atoms with Crippen molar-refractivity contribution >= 4 is 17.7 Å². The predicted molar refractivity (Wildman–Crippen MR) is 69.0 cm³/mol. The molecule has 0 aliphatic heterocycles. The highest BCUT2D eigenvalue weighted by Gasteiger charge is 2.12. The number of aliphatic carboxylic acids is 1. The topological polar surface area (TPSA) is 93.8 Å². The van der Waals surface area contributed by atoms with Gasteiger partial charge in [-0.2, -0.15) is 0 Å². The molecule has 0 amide bonds. The van der Waals surface area contributed by atoms with E-state index in [-0.39, 0.29) is 5.75 Å². The second kappa shape index (κ2) is 5.79. The molecule has 19 heavy (non-hydrogen) atoms. The van der Waals surface area contributed by atoms with E-state index < -0.39 is 5.97 Å². The highest BCUT2D eigenvalue weighted by molar-refractivity contribution is 7.99. The molecule has 0 radical (unpaired) electrons. The second-order valence-corrected chi connectivity index (χ2v) is 4.84. The number of carbonyl (C=O) groups is 1. The molecule has 0 atom stereocenters. The average Bonchev–Trinajstić information content (AvgIpc) is 2.68. The maximum Gasteiger partial charge on any atom is 0.313 e. The fourth-order valence-corrected chi connectivity index (χ4v) is 2.24. The number of hydrogen-bond donors (Lipinski definition) is 1. The number of hydrogen-bond acceptors (Lipinski definition) is 6. The summed E-state index contributed by atoms with van der Waals surface area (Å²) in [6, 6.07) is 1.82. The molecular weight excluding hydrogens is 266 g/mol. The minimum Gasteiger partial charge on any atom is -0.481 e. The zero-order valence-electron chi connectivity index (χ0n) is 10.6. The van der Waals surface area contributed by atoms with E-state index in [0.29, 0.717) is 17.5 Å². The summed E-state index contributed by atoms with van der Waals surface area (Å²) in [4.78, 5) is 18.9. The molecule has 2 aromatic rings. The van der Waals surface area contributed by atoms with Crippen molar-refractivity contribution < 1.29 is 9.90 Å². The quantitative estimate of drug-likeness (QED) is 0.813. The Morgan fingerprint density at radius 3 is 2.89 bits per heavy atom. The molecule has 0 bridgehead atoms. The Hall–Kier alpha value is -1.96. The normalized spacial score (nSPS) is 10.6. The van der Waals surface area contributed by atoms with Crippen molar-refractivity contribution in [3.63, 3.8) is 0 Å². The lowest BCUT2D eigenvalue weighted by Crippen LogP contribution is -2.08. The SMILES string of the molecule is Cc1nccc(Cn2c(C)nnc2SCC(=O)O)n1. The molecule has 0 aliphatic carbocycles. The third kappa shape index (κ3) is 3.50. The van der Waals surface area contributed by atoms with Crippen molar-refractivity contribution in [2.75, 3.05) is 5.75 Å². The fraction of sp³-hybridized carbons (Fsp3) is 0.364. The molecule has 0 fully saturated rings. The highest BCUT2D eigenvalue weighted by atomic mass is 32.2. The van der Waals surface area contributed by atoms with Crippen LogP contribution in [0.1, 0.15) is 17.3 Å². The predicted octanol–water partition coefficient (Wildman–Crippen LogP) is 0.910. The van der Waals surface area contributed by atoms with Crippen LogP contribution in [0.3, 0.4) is 0 Å². The van der Waals surface area contributed by atoms with Gasteiger partial charge < -0.3 is 9.67 Å². The van der Waals surface area contributed by atoms with Crippen LogP contribution in [0.25, 0.3) is 0 Å². The molecule has 2 rings (SSSR count). The van der Waals surface area contributed by atoms with Crippen LogP contribution < -0.4 is 0 Å². The van der Waals surface area contributed by atoms with E-state index in [4.69, 9.17) is 5.11 Å². The number of nitrogens with zero attached hydrogens (tertiary/aromatic N) is 5. The van der Waals surface area contributed by atoms with E-state index in [0.717, 1.165) is 23.3 Å². The van der Waals surface area contributed by atoms with Gasteiger partial charge in [-0.15, -0.1) is 10.2 Å². The zero-order chi connectivity index (χ0) is 13.8. The number of carboxylic acids is 1. The summed E-state index contributed by atoms with van der Waals surface area (Å²) in [5.41, 5.74) is 0.840. The van der Waals surface area contributed by atoms with Gasteiger partial charge in [-0.25, -0.2) is 9.97 Å². The molecule has 0 unspecified atom stereocenters. The summed E-state index contributed by atoms with van der Waals surface area (Å²) < 4.78 is 1.84. The largest absolute Gasteiger partial charge is 0.481 e. The number of aryl methyl sites for hydroxylation is 2. The van der Waals surface area contributed by atoms with Crippen molar-refractivity contribution in [3.8, 4) is 0 Å². The van der Waals surface area contributed by atoms with Gasteiger partial charge in [-0.05, 0) is 19.9 Å². The molecule has 100 valence electrons. The van der Waals surface area contributed by atoms with Crippen molar-refractivity contribution in [2.45, 2.75) is 25.5 Å². The van der Waals surface area contributed by atoms with Crippen LogP contribution >= 0.6 is 11.8 Å². The first-order chi connectivity index (χ1) is 9.06. The van der Waals surface area contributed by atoms with Crippen molar-refractivity contribution in [1.82, 2.24) is 24.7 Å². The van der Waals surface area contributed by atoms with Gasteiger partial charge in [0.25, 0.3) is 0 Å². The molecule has 0 aromatic carbocycles. The van der Waals surface area contributed by atoms with Crippen LogP contribution in [-0.4, -0.2) is 41.6 Å². The summed E-state index contributed by atoms with van der Waals surface area (Å²) in [7, 11) is 0. The number of thioether (sulfide) groups is 1. The minimum atomic E-state index is -0.880. The highest BCUT2D eigenvalue weighted by Crippen LogP contribution is 2.17. The third-order valence-electron chi connectivity index (χ3n) is 2.38. The van der Waals surface area contributed by atoms with E-state index in [9.17, 15) is 4.79 Å². The van der Waals surface area contributed by atoms with E-state index in [2.05, 4.69) is 20.2 Å². The van der Waals surface area contributed by atoms with Crippen LogP contribution in [-0.2, 0) is 11.3 Å². The van der Waals surface area contributed by atoms with Crippen LogP contribution in [0, 0.1) is 13.8 Å². The number of aromatic nitrogens is 5. The van der Waals surface area contributed by atoms with E-state index in [1.165, 1.54) is 0 Å². The van der Waals surface area contributed by atoms with Gasteiger partial charge in [0.05, 0.1) is 18.0 Å². The first-order valence-electron chi connectivity index (χ1n) is 5.59. The van der Waals surface area contributed by atoms with Crippen molar-refractivity contribution in [2.24, 2.45) is 0 Å². The molecule has 2 heterocycles. The summed E-state index contributed by atoms with van der Waals surface area (Å²) in [5, 5.41) is 17.2. The first-order valence-corrected chi connectivity index (χ1v) is 6.57. The zero-order valence-corrected chi connectivity index (χ0v) is 11.4. The van der Waals surface area contributed by atoms with Gasteiger partial charge in [-0.3, -0.25) is 4.79 Å². The van der Waals surface area contributed by atoms with Gasteiger partial charge in [0.2, 0.25) is 0 Å². The van der Waals surface area contributed by atoms with Crippen LogP contribution in [0.2, 0.25) is 0 Å². The third-order valence-corrected chi connectivity index (χ3v) is 3.33. The molecule has 0 aliphatic rings. The van der Waals surface area contributed by atoms with Crippen LogP contribution in [0.4, 0.5) is 0 Å². The molecule has 1 N–H and O–H groups in total. The number of carboxylic acid groups (broad SMARTS) is 1. The van der Waals surface area contributed by atoms with Crippen molar-refractivity contribution in [1.29, 1.82) is 0 Å². The van der Waals surface area contributed by atoms with Gasteiger partial charge in [0.15, 0.2) is 5.16 Å². The Bertz CT molecular complexity index is 599. The van der Waals surface area contributed by atoms with Gasteiger partial charge in [0, 0.05) is 6.20 Å². The summed E-state index contributed by atoms with van der Waals surface area (Å²) >= 11 is 1.15. The van der Waals surface area contributed by atoms with E-state index in [1.807, 2.05) is 24.5 Å². The minimum absolute atomic E-state index is 0.0407. The maximum atomic E-state index is 10.6. The van der Waals surface area contributed by atoms with Crippen LogP contribution in [0.15, 0.2) is 17.4 Å². The fourth-order valence-electron chi connectivity index (χ4n) is 1.53. The Morgan fingerprint density at radius 1 is 1.42 bits per heavy atom. The van der Waals surface area contributed by atoms with E-state index >= 15 is 0 Å². The Labute approximate surface area is 114 Å².